The van der Waals surface area contributed by atoms with Gasteiger partial charge in [-0.15, -0.1) is 0 Å². The van der Waals surface area contributed by atoms with Crippen LogP contribution in [0.2, 0.25) is 0 Å². The van der Waals surface area contributed by atoms with Crippen molar-refractivity contribution in [2.24, 2.45) is 0 Å². The highest BCUT2D eigenvalue weighted by Crippen LogP contribution is 2.40. The van der Waals surface area contributed by atoms with Crippen LogP contribution in [0.3, 0.4) is 0 Å². The molecule has 0 amide bonds. The lowest BCUT2D eigenvalue weighted by Gasteiger charge is -2.15. The fourth-order valence-corrected chi connectivity index (χ4v) is 3.50. The summed E-state index contributed by atoms with van der Waals surface area (Å²) in [5.74, 6) is -2.70. The molecule has 0 atom stereocenters. The van der Waals surface area contributed by atoms with E-state index in [1.165, 1.54) is 37.4 Å². The van der Waals surface area contributed by atoms with E-state index in [0.29, 0.717) is 11.3 Å². The van der Waals surface area contributed by atoms with Gasteiger partial charge in [-0.1, -0.05) is 24.3 Å². The van der Waals surface area contributed by atoms with Crippen molar-refractivity contribution in [1.29, 1.82) is 0 Å². The van der Waals surface area contributed by atoms with E-state index in [9.17, 15) is 22.8 Å². The highest BCUT2D eigenvalue weighted by molar-refractivity contribution is 5.82. The SMILES string of the molecule is CCOc1ccccc1Oc1c(C(F)(F)F)oc2cc(OC(=O)Cc3ccc(OC)cc3)ccc2c1=O. The van der Waals surface area contributed by atoms with Gasteiger partial charge in [0, 0.05) is 6.07 Å². The van der Waals surface area contributed by atoms with Crippen molar-refractivity contribution in [1.82, 2.24) is 0 Å². The molecule has 0 aliphatic rings. The second-order valence-electron chi connectivity index (χ2n) is 7.73. The van der Waals surface area contributed by atoms with Crippen molar-refractivity contribution in [2.45, 2.75) is 19.5 Å². The normalized spacial score (nSPS) is 11.3. The molecule has 0 bridgehead atoms. The number of rotatable bonds is 8. The highest BCUT2D eigenvalue weighted by Gasteiger charge is 2.40. The van der Waals surface area contributed by atoms with Gasteiger partial charge in [-0.3, -0.25) is 9.59 Å². The van der Waals surface area contributed by atoms with E-state index in [2.05, 4.69) is 0 Å². The lowest BCUT2D eigenvalue weighted by Crippen LogP contribution is -2.16. The lowest BCUT2D eigenvalue weighted by atomic mass is 10.1. The molecule has 0 N–H and O–H groups in total. The number of hydrogen-bond acceptors (Lipinski definition) is 7. The Kier molecular flexibility index (Phi) is 7.37. The predicted octanol–water partition coefficient (Wildman–Crippen LogP) is 6.16. The number of benzene rings is 3. The van der Waals surface area contributed by atoms with Crippen molar-refractivity contribution in [2.75, 3.05) is 13.7 Å². The summed E-state index contributed by atoms with van der Waals surface area (Å²) in [4.78, 5) is 25.4. The number of esters is 1. The number of carbonyl (C=O) groups excluding carboxylic acids is 1. The standard InChI is InChI=1S/C27H21F3O7/c1-3-34-20-6-4-5-7-21(20)36-25-24(32)19-13-12-18(15-22(19)37-26(25)27(28,29)30)35-23(31)14-16-8-10-17(33-2)11-9-16/h4-13,15H,3,14H2,1-2H3. The van der Waals surface area contributed by atoms with Crippen LogP contribution in [0.15, 0.2) is 75.9 Å². The maximum absolute atomic E-state index is 13.9. The molecule has 1 aromatic heterocycles. The van der Waals surface area contributed by atoms with Crippen molar-refractivity contribution < 1.29 is 41.3 Å². The van der Waals surface area contributed by atoms with E-state index in [0.717, 1.165) is 6.07 Å². The van der Waals surface area contributed by atoms with Crippen LogP contribution in [0.4, 0.5) is 13.2 Å². The first-order chi connectivity index (χ1) is 17.7. The first kappa shape index (κ1) is 25.6. The molecule has 3 aromatic carbocycles. The average Bonchev–Trinajstić information content (AvgIpc) is 2.86. The van der Waals surface area contributed by atoms with Crippen LogP contribution in [0, 0.1) is 0 Å². The monoisotopic (exact) mass is 514 g/mol. The Hall–Kier alpha value is -4.47. The molecule has 0 fully saturated rings. The number of ether oxygens (including phenoxy) is 4. The molecular weight excluding hydrogens is 493 g/mol. The predicted molar refractivity (Wildman–Crippen MR) is 128 cm³/mol. The van der Waals surface area contributed by atoms with E-state index in [-0.39, 0.29) is 35.7 Å². The van der Waals surface area contributed by atoms with Gasteiger partial charge in [0.25, 0.3) is 5.76 Å². The zero-order chi connectivity index (χ0) is 26.6. The molecule has 192 valence electrons. The molecule has 0 spiro atoms. The Morgan fingerprint density at radius 3 is 2.27 bits per heavy atom. The second-order valence-corrected chi connectivity index (χ2v) is 7.73. The Labute approximate surface area is 208 Å². The molecule has 4 aromatic rings. The number of halogens is 3. The highest BCUT2D eigenvalue weighted by atomic mass is 19.4. The smallest absolute Gasteiger partial charge is 0.453 e. The number of fused-ring (bicyclic) bond motifs is 1. The van der Waals surface area contributed by atoms with Crippen LogP contribution in [0.1, 0.15) is 18.2 Å². The fraction of sp³-hybridized carbons (Fsp3) is 0.185. The number of hydrogen-bond donors (Lipinski definition) is 0. The fourth-order valence-electron chi connectivity index (χ4n) is 3.50. The summed E-state index contributed by atoms with van der Waals surface area (Å²) in [6.45, 7) is 1.93. The topological polar surface area (TPSA) is 84.2 Å². The molecule has 0 saturated heterocycles. The van der Waals surface area contributed by atoms with E-state index < -0.39 is 34.7 Å². The van der Waals surface area contributed by atoms with Crippen LogP contribution < -0.4 is 24.4 Å². The van der Waals surface area contributed by atoms with Crippen molar-refractivity contribution >= 4 is 16.9 Å². The van der Waals surface area contributed by atoms with Crippen LogP contribution >= 0.6 is 0 Å². The Balaban J connectivity index is 1.66. The number of alkyl halides is 3. The van der Waals surface area contributed by atoms with E-state index in [1.54, 1.807) is 37.3 Å². The number of para-hydroxylation sites is 2. The van der Waals surface area contributed by atoms with E-state index in [1.807, 2.05) is 0 Å². The van der Waals surface area contributed by atoms with Gasteiger partial charge in [-0.25, -0.2) is 0 Å². The van der Waals surface area contributed by atoms with Gasteiger partial charge in [0.2, 0.25) is 11.2 Å². The summed E-state index contributed by atoms with van der Waals surface area (Å²) in [5.41, 5.74) is -0.819. The quantitative estimate of drug-likeness (QED) is 0.206. The average molecular weight is 514 g/mol. The second kappa shape index (κ2) is 10.7. The minimum absolute atomic E-state index is 0.0782. The molecule has 37 heavy (non-hydrogen) atoms. The number of methoxy groups -OCH3 is 1. The molecule has 0 aliphatic heterocycles. The first-order valence-electron chi connectivity index (χ1n) is 11.1. The van der Waals surface area contributed by atoms with Gasteiger partial charge < -0.3 is 23.4 Å². The summed E-state index contributed by atoms with van der Waals surface area (Å²) in [6, 6.07) is 16.3. The third kappa shape index (κ3) is 5.85. The van der Waals surface area contributed by atoms with Gasteiger partial charge in [-0.05, 0) is 48.9 Å². The van der Waals surface area contributed by atoms with Crippen LogP contribution in [0.5, 0.6) is 28.7 Å². The molecule has 0 radical (unpaired) electrons. The van der Waals surface area contributed by atoms with Gasteiger partial charge in [0.15, 0.2) is 11.5 Å². The Morgan fingerprint density at radius 1 is 0.946 bits per heavy atom. The van der Waals surface area contributed by atoms with E-state index >= 15 is 0 Å². The Morgan fingerprint density at radius 2 is 1.62 bits per heavy atom. The lowest BCUT2D eigenvalue weighted by molar-refractivity contribution is -0.154. The van der Waals surface area contributed by atoms with Crippen molar-refractivity contribution in [3.63, 3.8) is 0 Å². The molecule has 0 saturated carbocycles. The zero-order valence-corrected chi connectivity index (χ0v) is 19.8. The third-order valence-corrected chi connectivity index (χ3v) is 5.18. The van der Waals surface area contributed by atoms with Gasteiger partial charge >= 0.3 is 12.1 Å². The summed E-state index contributed by atoms with van der Waals surface area (Å²) in [6.07, 6.45) is -5.14. The largest absolute Gasteiger partial charge is 0.497 e. The van der Waals surface area contributed by atoms with Gasteiger partial charge in [0.05, 0.1) is 25.5 Å². The molecule has 1 heterocycles. The molecule has 7 nitrogen and oxygen atoms in total. The minimum atomic E-state index is -5.05. The third-order valence-electron chi connectivity index (χ3n) is 5.18. The van der Waals surface area contributed by atoms with Crippen LogP contribution in [-0.4, -0.2) is 19.7 Å². The molecule has 0 unspecified atom stereocenters. The van der Waals surface area contributed by atoms with Crippen LogP contribution in [-0.2, 0) is 17.4 Å². The van der Waals surface area contributed by atoms with Gasteiger partial charge in [-0.2, -0.15) is 13.2 Å². The molecule has 0 aliphatic carbocycles. The molecule has 4 rings (SSSR count). The van der Waals surface area contributed by atoms with Crippen molar-refractivity contribution in [3.8, 4) is 28.7 Å². The summed E-state index contributed by atoms with van der Waals surface area (Å²) >= 11 is 0. The van der Waals surface area contributed by atoms with Crippen molar-refractivity contribution in [3.05, 3.63) is 88.3 Å². The Bertz CT molecular complexity index is 1470. The molecule has 10 heteroatoms. The zero-order valence-electron chi connectivity index (χ0n) is 19.8. The molecular formula is C27H21F3O7. The van der Waals surface area contributed by atoms with Gasteiger partial charge in [0.1, 0.15) is 17.1 Å². The first-order valence-corrected chi connectivity index (χ1v) is 11.1. The number of carbonyl (C=O) groups is 1. The minimum Gasteiger partial charge on any atom is -0.497 e. The summed E-state index contributed by atoms with van der Waals surface area (Å²) in [7, 11) is 1.51. The van der Waals surface area contributed by atoms with Crippen LogP contribution in [0.25, 0.3) is 11.0 Å². The maximum Gasteiger partial charge on any atom is 0.453 e. The van der Waals surface area contributed by atoms with E-state index in [4.69, 9.17) is 23.4 Å². The summed E-state index contributed by atoms with van der Waals surface area (Å²) < 4.78 is 67.8. The summed E-state index contributed by atoms with van der Waals surface area (Å²) in [5, 5.41) is -0.188. The maximum atomic E-state index is 13.9.